The molecule has 0 amide bonds. The molecule has 4 rings (SSSR count). The monoisotopic (exact) mass is 694 g/mol. The van der Waals surface area contributed by atoms with Gasteiger partial charge >= 0.3 is 0 Å². The third-order valence-corrected chi connectivity index (χ3v) is 11.8. The van der Waals surface area contributed by atoms with Crippen molar-refractivity contribution >= 4 is 33.9 Å². The molecule has 0 N–H and O–H groups in total. The SMILES string of the molecule is COc1cccc(OC)c1-n1c(-c2ccn(C)n2)nnc1N(CC[Si](C)(C)C)S(=O)(=O)C[C@@H](OC)c1ccc(F)cc1S(C)(=O)=O. The van der Waals surface area contributed by atoms with Crippen molar-refractivity contribution in [2.75, 3.05) is 44.2 Å². The molecule has 17 heteroatoms. The largest absolute Gasteiger partial charge is 0.494 e. The molecule has 0 bridgehead atoms. The minimum atomic E-state index is -4.35. The Kier molecular flexibility index (Phi) is 10.3. The molecule has 4 aromatic rings. The van der Waals surface area contributed by atoms with Crippen LogP contribution < -0.4 is 13.8 Å². The second-order valence-electron chi connectivity index (χ2n) is 11.9. The molecular weight excluding hydrogens is 656 g/mol. The number of ether oxygens (including phenoxy) is 3. The van der Waals surface area contributed by atoms with Crippen molar-refractivity contribution in [3.05, 3.63) is 60.0 Å². The van der Waals surface area contributed by atoms with E-state index in [1.165, 1.54) is 32.0 Å². The normalized spacial score (nSPS) is 13.1. The minimum absolute atomic E-state index is 0.0159. The quantitative estimate of drug-likeness (QED) is 0.177. The lowest BCUT2D eigenvalue weighted by atomic mass is 10.1. The number of para-hydroxylation sites is 1. The molecule has 0 radical (unpaired) electrons. The van der Waals surface area contributed by atoms with Gasteiger partial charge in [0.25, 0.3) is 0 Å². The first-order valence-corrected chi connectivity index (χ1v) is 21.4. The van der Waals surface area contributed by atoms with E-state index in [0.717, 1.165) is 22.7 Å². The maximum Gasteiger partial charge on any atom is 0.246 e. The molecule has 0 saturated carbocycles. The highest BCUT2D eigenvalue weighted by Crippen LogP contribution is 2.39. The molecule has 0 saturated heterocycles. The number of sulfonamides is 1. The Morgan fingerprint density at radius 1 is 0.978 bits per heavy atom. The minimum Gasteiger partial charge on any atom is -0.494 e. The standard InChI is InChI=1S/C29H39FN6O7S2Si/c1-34-15-14-22(33-34)28-31-32-29(36(28)27-23(41-2)10-9-11-24(27)42-3)35(16-17-46(6,7)8)45(39,40)19-25(43-4)21-13-12-20(30)18-26(21)44(5,37)38/h9-15,18,25H,16-17,19H2,1-8H3/t25-/m1/s1. The molecule has 2 aromatic carbocycles. The highest BCUT2D eigenvalue weighted by molar-refractivity contribution is 7.92. The fourth-order valence-corrected chi connectivity index (χ4v) is 8.48. The van der Waals surface area contributed by atoms with Crippen LogP contribution in [0.15, 0.2) is 53.6 Å². The molecule has 0 aliphatic rings. The second kappa shape index (κ2) is 13.5. The predicted octanol–water partition coefficient (Wildman–Crippen LogP) is 4.09. The van der Waals surface area contributed by atoms with Crippen molar-refractivity contribution in [2.24, 2.45) is 7.05 Å². The zero-order valence-corrected chi connectivity index (χ0v) is 29.7. The molecule has 2 heterocycles. The number of aryl methyl sites for hydroxylation is 1. The summed E-state index contributed by atoms with van der Waals surface area (Å²) in [6.07, 6.45) is 1.38. The van der Waals surface area contributed by atoms with Crippen LogP contribution in [0.4, 0.5) is 10.3 Å². The highest BCUT2D eigenvalue weighted by atomic mass is 32.2. The number of hydrogen-bond donors (Lipinski definition) is 0. The van der Waals surface area contributed by atoms with E-state index >= 15 is 0 Å². The lowest BCUT2D eigenvalue weighted by molar-refractivity contribution is 0.119. The average molecular weight is 695 g/mol. The summed E-state index contributed by atoms with van der Waals surface area (Å²) in [5, 5.41) is 13.3. The van der Waals surface area contributed by atoms with Crippen LogP contribution >= 0.6 is 0 Å². The molecule has 0 aliphatic heterocycles. The molecule has 2 aromatic heterocycles. The molecule has 13 nitrogen and oxygen atoms in total. The second-order valence-corrected chi connectivity index (χ2v) is 21.4. The van der Waals surface area contributed by atoms with Crippen LogP contribution in [0.1, 0.15) is 11.7 Å². The van der Waals surface area contributed by atoms with Crippen LogP contribution in [-0.2, 0) is 31.6 Å². The third kappa shape index (κ3) is 7.59. The molecule has 0 aliphatic carbocycles. The van der Waals surface area contributed by atoms with Gasteiger partial charge in [0.15, 0.2) is 15.7 Å². The molecular formula is C29H39FN6O7S2Si. The Morgan fingerprint density at radius 3 is 2.15 bits per heavy atom. The maximum atomic E-state index is 14.5. The first-order chi connectivity index (χ1) is 21.5. The first-order valence-electron chi connectivity index (χ1n) is 14.2. The van der Waals surface area contributed by atoms with Gasteiger partial charge in [0.1, 0.15) is 28.7 Å². The number of rotatable bonds is 14. The smallest absolute Gasteiger partial charge is 0.246 e. The number of anilines is 1. The number of hydrogen-bond acceptors (Lipinski definition) is 10. The topological polar surface area (TPSA) is 148 Å². The summed E-state index contributed by atoms with van der Waals surface area (Å²) >= 11 is 0. The first kappa shape index (κ1) is 35.1. The van der Waals surface area contributed by atoms with E-state index in [2.05, 4.69) is 34.9 Å². The average Bonchev–Trinajstić information content (AvgIpc) is 3.60. The van der Waals surface area contributed by atoms with Gasteiger partial charge in [0.05, 0.1) is 31.0 Å². The van der Waals surface area contributed by atoms with Crippen molar-refractivity contribution in [1.29, 1.82) is 0 Å². The zero-order chi connectivity index (χ0) is 34.0. The van der Waals surface area contributed by atoms with Gasteiger partial charge in [-0.25, -0.2) is 25.5 Å². The van der Waals surface area contributed by atoms with Gasteiger partial charge in [0.2, 0.25) is 16.0 Å². The van der Waals surface area contributed by atoms with Crippen molar-refractivity contribution in [2.45, 2.75) is 36.7 Å². The lowest BCUT2D eigenvalue weighted by Gasteiger charge is -2.29. The summed E-state index contributed by atoms with van der Waals surface area (Å²) in [5.41, 5.74) is 0.778. The number of halogens is 1. The van der Waals surface area contributed by atoms with Crippen LogP contribution in [0.5, 0.6) is 11.5 Å². The third-order valence-electron chi connectivity index (χ3n) is 7.21. The fraction of sp³-hybridized carbons (Fsp3) is 0.414. The summed E-state index contributed by atoms with van der Waals surface area (Å²) in [5.74, 6) is -0.567. The van der Waals surface area contributed by atoms with Crippen LogP contribution in [0.2, 0.25) is 25.7 Å². The van der Waals surface area contributed by atoms with Crippen LogP contribution in [-0.4, -0.2) is 89.3 Å². The van der Waals surface area contributed by atoms with Gasteiger partial charge in [-0.05, 0) is 36.4 Å². The molecule has 0 unspecified atom stereocenters. The van der Waals surface area contributed by atoms with Crippen LogP contribution in [0, 0.1) is 5.82 Å². The van der Waals surface area contributed by atoms with E-state index in [4.69, 9.17) is 14.2 Å². The van der Waals surface area contributed by atoms with Gasteiger partial charge in [-0.3, -0.25) is 9.25 Å². The molecule has 46 heavy (non-hydrogen) atoms. The van der Waals surface area contributed by atoms with Crippen molar-refractivity contribution in [3.63, 3.8) is 0 Å². The number of nitrogens with zero attached hydrogens (tertiary/aromatic N) is 6. The van der Waals surface area contributed by atoms with Gasteiger partial charge in [0, 0.05) is 46.8 Å². The Hall–Kier alpha value is -3.80. The van der Waals surface area contributed by atoms with Gasteiger partial charge in [-0.15, -0.1) is 10.2 Å². The van der Waals surface area contributed by atoms with Gasteiger partial charge in [-0.1, -0.05) is 31.8 Å². The summed E-state index contributed by atoms with van der Waals surface area (Å²) in [6.45, 7) is 6.37. The fourth-order valence-electron chi connectivity index (χ4n) is 4.86. The van der Waals surface area contributed by atoms with E-state index in [0.29, 0.717) is 28.9 Å². The zero-order valence-electron chi connectivity index (χ0n) is 27.1. The van der Waals surface area contributed by atoms with Crippen molar-refractivity contribution in [1.82, 2.24) is 24.5 Å². The van der Waals surface area contributed by atoms with Crippen LogP contribution in [0.25, 0.3) is 17.2 Å². The Bertz CT molecular complexity index is 1900. The van der Waals surface area contributed by atoms with E-state index in [1.54, 1.807) is 42.2 Å². The summed E-state index contributed by atoms with van der Waals surface area (Å²) < 4.78 is 89.6. The van der Waals surface area contributed by atoms with E-state index in [1.807, 2.05) is 0 Å². The predicted molar refractivity (Wildman–Crippen MR) is 175 cm³/mol. The molecule has 1 atom stereocenters. The summed E-state index contributed by atoms with van der Waals surface area (Å²) in [6, 6.07) is 10.5. The number of methoxy groups -OCH3 is 3. The molecule has 250 valence electrons. The summed E-state index contributed by atoms with van der Waals surface area (Å²) in [4.78, 5) is -0.359. The lowest BCUT2D eigenvalue weighted by Crippen LogP contribution is -2.40. The molecule has 0 fully saturated rings. The number of benzene rings is 2. The van der Waals surface area contributed by atoms with Gasteiger partial charge < -0.3 is 14.2 Å². The van der Waals surface area contributed by atoms with Crippen molar-refractivity contribution < 1.29 is 35.4 Å². The van der Waals surface area contributed by atoms with Gasteiger partial charge in [-0.2, -0.15) is 5.10 Å². The Balaban J connectivity index is 1.97. The highest BCUT2D eigenvalue weighted by Gasteiger charge is 2.36. The Labute approximate surface area is 269 Å². The number of sulfone groups is 1. The van der Waals surface area contributed by atoms with E-state index in [-0.39, 0.29) is 28.8 Å². The van der Waals surface area contributed by atoms with E-state index < -0.39 is 45.6 Å². The van der Waals surface area contributed by atoms with E-state index in [9.17, 15) is 21.2 Å². The Morgan fingerprint density at radius 2 is 1.63 bits per heavy atom. The van der Waals surface area contributed by atoms with Crippen LogP contribution in [0.3, 0.4) is 0 Å². The molecule has 0 spiro atoms. The maximum absolute atomic E-state index is 14.5. The number of aromatic nitrogens is 5. The van der Waals surface area contributed by atoms with Crippen molar-refractivity contribution in [3.8, 4) is 28.7 Å². The summed E-state index contributed by atoms with van der Waals surface area (Å²) in [7, 11) is -4.17.